The maximum atomic E-state index is 12.3. The van der Waals surface area contributed by atoms with Crippen LogP contribution in [0.4, 0.5) is 0 Å². The van der Waals surface area contributed by atoms with Gasteiger partial charge >= 0.3 is 5.97 Å². The van der Waals surface area contributed by atoms with Crippen molar-refractivity contribution in [3.8, 4) is 5.75 Å². The van der Waals surface area contributed by atoms with Gasteiger partial charge in [-0.1, -0.05) is 6.42 Å². The van der Waals surface area contributed by atoms with Crippen LogP contribution >= 0.6 is 0 Å². The standard InChI is InChI=1S/C26H35N3O4/c1-5-32-26(31)23-16-20-8-6-7-9-21(24(20)28-18(23)2)17-33-22-12-10-19(11-13-22)25(30)27-14-15-29(3)4/h10-13,16,21H,5-9,14-15,17H2,1-4H3,(H,27,30). The molecular formula is C26H35N3O4. The van der Waals surface area contributed by atoms with Crippen LogP contribution in [0, 0.1) is 6.92 Å². The quantitative estimate of drug-likeness (QED) is 0.460. The fourth-order valence-corrected chi connectivity index (χ4v) is 4.03. The molecule has 1 aliphatic rings. The minimum Gasteiger partial charge on any atom is -0.493 e. The summed E-state index contributed by atoms with van der Waals surface area (Å²) in [5.41, 5.74) is 4.00. The minimum absolute atomic E-state index is 0.0850. The summed E-state index contributed by atoms with van der Waals surface area (Å²) in [4.78, 5) is 31.4. The van der Waals surface area contributed by atoms with Crippen molar-refractivity contribution in [2.45, 2.75) is 45.4 Å². The van der Waals surface area contributed by atoms with Crippen LogP contribution in [-0.4, -0.2) is 62.2 Å². The first kappa shape index (κ1) is 24.7. The highest BCUT2D eigenvalue weighted by Gasteiger charge is 2.24. The lowest BCUT2D eigenvalue weighted by atomic mass is 9.97. The van der Waals surface area contributed by atoms with Crippen LogP contribution in [0.25, 0.3) is 0 Å². The predicted molar refractivity (Wildman–Crippen MR) is 128 cm³/mol. The van der Waals surface area contributed by atoms with Gasteiger partial charge in [-0.2, -0.15) is 0 Å². The lowest BCUT2D eigenvalue weighted by Gasteiger charge is -2.19. The topological polar surface area (TPSA) is 80.8 Å². The van der Waals surface area contributed by atoms with Crippen molar-refractivity contribution in [2.75, 3.05) is 40.4 Å². The van der Waals surface area contributed by atoms with E-state index in [2.05, 4.69) is 5.32 Å². The second-order valence-corrected chi connectivity index (χ2v) is 8.72. The molecule has 33 heavy (non-hydrogen) atoms. The van der Waals surface area contributed by atoms with Gasteiger partial charge in [0.2, 0.25) is 0 Å². The molecule has 1 N–H and O–H groups in total. The van der Waals surface area contributed by atoms with Crippen LogP contribution in [-0.2, 0) is 11.2 Å². The number of ether oxygens (including phenoxy) is 2. The molecule has 0 aliphatic heterocycles. The van der Waals surface area contributed by atoms with Gasteiger partial charge < -0.3 is 19.7 Å². The molecule has 0 spiro atoms. The smallest absolute Gasteiger partial charge is 0.339 e. The normalized spacial score (nSPS) is 15.5. The number of rotatable bonds is 9. The average molecular weight is 454 g/mol. The maximum Gasteiger partial charge on any atom is 0.339 e. The highest BCUT2D eigenvalue weighted by molar-refractivity contribution is 5.94. The van der Waals surface area contributed by atoms with Crippen LogP contribution < -0.4 is 10.1 Å². The highest BCUT2D eigenvalue weighted by atomic mass is 16.5. The first-order valence-corrected chi connectivity index (χ1v) is 11.7. The Morgan fingerprint density at radius 2 is 1.94 bits per heavy atom. The number of likely N-dealkylation sites (N-methyl/N-ethyl adjacent to an activating group) is 1. The largest absolute Gasteiger partial charge is 0.493 e. The van der Waals surface area contributed by atoms with Gasteiger partial charge in [0.25, 0.3) is 5.91 Å². The first-order chi connectivity index (χ1) is 15.9. The summed E-state index contributed by atoms with van der Waals surface area (Å²) in [5, 5.41) is 2.91. The summed E-state index contributed by atoms with van der Waals surface area (Å²) >= 11 is 0. The fraction of sp³-hybridized carbons (Fsp3) is 0.500. The fourth-order valence-electron chi connectivity index (χ4n) is 4.03. The van der Waals surface area contributed by atoms with E-state index in [0.717, 1.165) is 49.2 Å². The number of hydrogen-bond acceptors (Lipinski definition) is 6. The van der Waals surface area contributed by atoms with Crippen molar-refractivity contribution >= 4 is 11.9 Å². The molecule has 2 aromatic rings. The summed E-state index contributed by atoms with van der Waals surface area (Å²) in [5.74, 6) is 0.489. The zero-order valence-corrected chi connectivity index (χ0v) is 20.1. The van der Waals surface area contributed by atoms with Crippen molar-refractivity contribution in [3.05, 3.63) is 58.4 Å². The second-order valence-electron chi connectivity index (χ2n) is 8.72. The van der Waals surface area contributed by atoms with Crippen molar-refractivity contribution in [2.24, 2.45) is 0 Å². The van der Waals surface area contributed by atoms with Crippen LogP contribution in [0.5, 0.6) is 5.75 Å². The average Bonchev–Trinajstić information content (AvgIpc) is 2.99. The number of carbonyl (C=O) groups is 2. The number of aryl methyl sites for hydroxylation is 2. The Labute approximate surface area is 196 Å². The van der Waals surface area contributed by atoms with Crippen molar-refractivity contribution in [1.29, 1.82) is 0 Å². The van der Waals surface area contributed by atoms with Crippen LogP contribution in [0.2, 0.25) is 0 Å². The number of carbonyl (C=O) groups excluding carboxylic acids is 2. The van der Waals surface area contributed by atoms with Gasteiger partial charge in [0, 0.05) is 24.6 Å². The summed E-state index contributed by atoms with van der Waals surface area (Å²) in [7, 11) is 3.95. The van der Waals surface area contributed by atoms with Gasteiger partial charge in [0.15, 0.2) is 0 Å². The maximum absolute atomic E-state index is 12.3. The summed E-state index contributed by atoms with van der Waals surface area (Å²) in [6.45, 7) is 5.92. The van der Waals surface area contributed by atoms with Crippen molar-refractivity contribution in [1.82, 2.24) is 15.2 Å². The molecule has 7 nitrogen and oxygen atoms in total. The van der Waals surface area contributed by atoms with E-state index < -0.39 is 0 Å². The molecule has 0 saturated heterocycles. The number of fused-ring (bicyclic) bond motifs is 1. The molecule has 0 fully saturated rings. The Balaban J connectivity index is 1.65. The van der Waals surface area contributed by atoms with Crippen LogP contribution in [0.1, 0.15) is 69.8 Å². The number of hydrogen-bond donors (Lipinski definition) is 1. The number of aromatic nitrogens is 1. The molecule has 0 bridgehead atoms. The predicted octanol–water partition coefficient (Wildman–Crippen LogP) is 3.75. The molecule has 1 amide bonds. The van der Waals surface area contributed by atoms with E-state index in [1.807, 2.05) is 51.0 Å². The van der Waals surface area contributed by atoms with Crippen molar-refractivity contribution in [3.63, 3.8) is 0 Å². The van der Waals surface area contributed by atoms with Gasteiger partial charge in [-0.25, -0.2) is 4.79 Å². The third kappa shape index (κ3) is 6.78. The lowest BCUT2D eigenvalue weighted by Crippen LogP contribution is -2.31. The summed E-state index contributed by atoms with van der Waals surface area (Å²) in [6.07, 6.45) is 4.05. The first-order valence-electron chi connectivity index (χ1n) is 11.7. The second kappa shape index (κ2) is 11.8. The lowest BCUT2D eigenvalue weighted by molar-refractivity contribution is 0.0524. The molecule has 7 heteroatoms. The molecular weight excluding hydrogens is 418 g/mol. The molecule has 0 saturated carbocycles. The molecule has 1 heterocycles. The van der Waals surface area contributed by atoms with Crippen LogP contribution in [0.15, 0.2) is 30.3 Å². The number of amides is 1. The molecule has 1 aromatic heterocycles. The Hall–Kier alpha value is -2.93. The van der Waals surface area contributed by atoms with Gasteiger partial charge in [-0.15, -0.1) is 0 Å². The summed E-state index contributed by atoms with van der Waals surface area (Å²) in [6, 6.07) is 9.20. The Kier molecular flexibility index (Phi) is 8.83. The molecule has 0 radical (unpaired) electrons. The third-order valence-corrected chi connectivity index (χ3v) is 5.87. The minimum atomic E-state index is -0.312. The highest BCUT2D eigenvalue weighted by Crippen LogP contribution is 2.31. The number of benzene rings is 1. The number of nitrogens with one attached hydrogen (secondary N) is 1. The third-order valence-electron chi connectivity index (χ3n) is 5.87. The van der Waals surface area contributed by atoms with E-state index >= 15 is 0 Å². The van der Waals surface area contributed by atoms with E-state index in [-0.39, 0.29) is 17.8 Å². The van der Waals surface area contributed by atoms with Gasteiger partial charge in [-0.05, 0) is 83.1 Å². The molecule has 1 aromatic carbocycles. The van der Waals surface area contributed by atoms with E-state index in [1.165, 1.54) is 0 Å². The zero-order valence-electron chi connectivity index (χ0n) is 20.1. The molecule has 3 rings (SSSR count). The van der Waals surface area contributed by atoms with E-state index in [4.69, 9.17) is 14.5 Å². The van der Waals surface area contributed by atoms with E-state index in [9.17, 15) is 9.59 Å². The van der Waals surface area contributed by atoms with Crippen LogP contribution in [0.3, 0.4) is 0 Å². The molecule has 178 valence electrons. The van der Waals surface area contributed by atoms with E-state index in [0.29, 0.717) is 36.6 Å². The number of pyridine rings is 1. The monoisotopic (exact) mass is 453 g/mol. The van der Waals surface area contributed by atoms with Crippen molar-refractivity contribution < 1.29 is 19.1 Å². The molecule has 1 aliphatic carbocycles. The van der Waals surface area contributed by atoms with Gasteiger partial charge in [0.1, 0.15) is 5.75 Å². The molecule has 1 atom stereocenters. The summed E-state index contributed by atoms with van der Waals surface area (Å²) < 4.78 is 11.3. The SMILES string of the molecule is CCOC(=O)c1cc2c(nc1C)C(COc1ccc(C(=O)NCCN(C)C)cc1)CCCC2. The Bertz CT molecular complexity index is 957. The molecule has 1 unspecified atom stereocenters. The number of nitrogens with zero attached hydrogens (tertiary/aromatic N) is 2. The van der Waals surface area contributed by atoms with Gasteiger partial charge in [0.05, 0.1) is 30.2 Å². The zero-order chi connectivity index (χ0) is 23.8. The Morgan fingerprint density at radius 3 is 2.64 bits per heavy atom. The Morgan fingerprint density at radius 1 is 1.18 bits per heavy atom. The van der Waals surface area contributed by atoms with Gasteiger partial charge in [-0.3, -0.25) is 9.78 Å². The number of esters is 1. The van der Waals surface area contributed by atoms with E-state index in [1.54, 1.807) is 12.1 Å².